The van der Waals surface area contributed by atoms with Gasteiger partial charge >= 0.3 is 5.97 Å². The zero-order valence-electron chi connectivity index (χ0n) is 12.8. The molecule has 116 valence electrons. The van der Waals surface area contributed by atoms with Crippen molar-refractivity contribution in [1.29, 1.82) is 0 Å². The zero-order chi connectivity index (χ0) is 15.1. The smallest absolute Gasteiger partial charge is 0.303 e. The van der Waals surface area contributed by atoms with Crippen molar-refractivity contribution in [3.63, 3.8) is 0 Å². The van der Waals surface area contributed by atoms with Crippen molar-refractivity contribution in [1.82, 2.24) is 4.90 Å². The fourth-order valence-corrected chi connectivity index (χ4v) is 2.91. The van der Waals surface area contributed by atoms with Crippen LogP contribution in [0.4, 0.5) is 0 Å². The fraction of sp³-hybridized carbons (Fsp3) is 0.588. The van der Waals surface area contributed by atoms with Gasteiger partial charge in [0.05, 0.1) is 7.11 Å². The van der Waals surface area contributed by atoms with Crippen molar-refractivity contribution in [3.05, 3.63) is 29.8 Å². The van der Waals surface area contributed by atoms with E-state index in [1.807, 2.05) is 12.1 Å². The summed E-state index contributed by atoms with van der Waals surface area (Å²) in [7, 11) is 1.68. The molecule has 0 atom stereocenters. The molecule has 0 aromatic heterocycles. The van der Waals surface area contributed by atoms with Gasteiger partial charge in [-0.3, -0.25) is 4.79 Å². The Labute approximate surface area is 126 Å². The van der Waals surface area contributed by atoms with E-state index in [-0.39, 0.29) is 0 Å². The number of ether oxygens (including phenoxy) is 1. The highest BCUT2D eigenvalue weighted by molar-refractivity contribution is 5.66. The van der Waals surface area contributed by atoms with Gasteiger partial charge in [0.15, 0.2) is 0 Å². The summed E-state index contributed by atoms with van der Waals surface area (Å²) < 4.78 is 5.16. The van der Waals surface area contributed by atoms with E-state index in [2.05, 4.69) is 17.0 Å². The van der Waals surface area contributed by atoms with Gasteiger partial charge in [0, 0.05) is 13.0 Å². The predicted octanol–water partition coefficient (Wildman–Crippen LogP) is 2.81. The third-order valence-corrected chi connectivity index (χ3v) is 4.35. The zero-order valence-corrected chi connectivity index (χ0v) is 12.8. The van der Waals surface area contributed by atoms with Crippen LogP contribution in [0.25, 0.3) is 0 Å². The highest BCUT2D eigenvalue weighted by atomic mass is 16.5. The van der Waals surface area contributed by atoms with Crippen LogP contribution in [0.15, 0.2) is 24.3 Å². The summed E-state index contributed by atoms with van der Waals surface area (Å²) in [5, 5.41) is 8.72. The van der Waals surface area contributed by atoms with Crippen molar-refractivity contribution in [3.8, 4) is 5.75 Å². The summed E-state index contributed by atoms with van der Waals surface area (Å²) in [6.07, 6.45) is 4.48. The lowest BCUT2D eigenvalue weighted by molar-refractivity contribution is -0.137. The largest absolute Gasteiger partial charge is 0.497 e. The first-order chi connectivity index (χ1) is 10.2. The molecule has 0 unspecified atom stereocenters. The van der Waals surface area contributed by atoms with Gasteiger partial charge in [0.25, 0.3) is 0 Å². The van der Waals surface area contributed by atoms with E-state index >= 15 is 0 Å². The quantitative estimate of drug-likeness (QED) is 0.839. The van der Waals surface area contributed by atoms with Crippen molar-refractivity contribution in [2.75, 3.05) is 26.7 Å². The molecule has 4 heteroatoms. The van der Waals surface area contributed by atoms with E-state index in [0.29, 0.717) is 12.3 Å². The van der Waals surface area contributed by atoms with Gasteiger partial charge in [-0.2, -0.15) is 0 Å². The second kappa shape index (κ2) is 8.03. The minimum Gasteiger partial charge on any atom is -0.497 e. The summed E-state index contributed by atoms with van der Waals surface area (Å²) in [4.78, 5) is 13.1. The summed E-state index contributed by atoms with van der Waals surface area (Å²) in [6.45, 7) is 3.28. The summed E-state index contributed by atoms with van der Waals surface area (Å²) >= 11 is 0. The molecule has 1 fully saturated rings. The van der Waals surface area contributed by atoms with E-state index in [1.54, 1.807) is 7.11 Å². The highest BCUT2D eigenvalue weighted by Crippen LogP contribution is 2.22. The molecule has 0 bridgehead atoms. The molecule has 2 rings (SSSR count). The van der Waals surface area contributed by atoms with Crippen LogP contribution in [-0.2, 0) is 11.2 Å². The van der Waals surface area contributed by atoms with Crippen LogP contribution in [0.5, 0.6) is 5.75 Å². The summed E-state index contributed by atoms with van der Waals surface area (Å²) in [5.74, 6) is 0.827. The Morgan fingerprint density at radius 2 is 1.95 bits per heavy atom. The summed E-state index contributed by atoms with van der Waals surface area (Å²) in [6, 6.07) is 8.26. The van der Waals surface area contributed by atoms with Crippen molar-refractivity contribution >= 4 is 5.97 Å². The number of carbonyl (C=O) groups is 1. The van der Waals surface area contributed by atoms with Crippen LogP contribution in [0.3, 0.4) is 0 Å². The first-order valence-electron chi connectivity index (χ1n) is 7.74. The standard InChI is InChI=1S/C17H25NO3/c1-21-16-5-2-14(3-6-16)8-11-18-12-9-15(10-13-18)4-7-17(19)20/h2-3,5-6,15H,4,7-13H2,1H3,(H,19,20). The Hall–Kier alpha value is -1.55. The lowest BCUT2D eigenvalue weighted by Crippen LogP contribution is -2.35. The van der Waals surface area contributed by atoms with Gasteiger partial charge in [-0.25, -0.2) is 0 Å². The number of methoxy groups -OCH3 is 1. The molecular weight excluding hydrogens is 266 g/mol. The molecule has 1 N–H and O–H groups in total. The molecule has 0 radical (unpaired) electrons. The first-order valence-corrected chi connectivity index (χ1v) is 7.74. The number of carboxylic acids is 1. The molecule has 21 heavy (non-hydrogen) atoms. The third-order valence-electron chi connectivity index (χ3n) is 4.35. The van der Waals surface area contributed by atoms with Gasteiger partial charge in [-0.1, -0.05) is 12.1 Å². The molecule has 0 aliphatic carbocycles. The van der Waals surface area contributed by atoms with Gasteiger partial charge < -0.3 is 14.7 Å². The molecule has 1 aliphatic rings. The van der Waals surface area contributed by atoms with Gasteiger partial charge in [-0.15, -0.1) is 0 Å². The van der Waals surface area contributed by atoms with Crippen LogP contribution < -0.4 is 4.74 Å². The number of likely N-dealkylation sites (tertiary alicyclic amines) is 1. The van der Waals surface area contributed by atoms with E-state index in [9.17, 15) is 4.79 Å². The Kier molecular flexibility index (Phi) is 6.05. The number of hydrogen-bond donors (Lipinski definition) is 1. The fourth-order valence-electron chi connectivity index (χ4n) is 2.91. The lowest BCUT2D eigenvalue weighted by atomic mass is 9.92. The Morgan fingerprint density at radius 1 is 1.29 bits per heavy atom. The van der Waals surface area contributed by atoms with E-state index in [4.69, 9.17) is 9.84 Å². The van der Waals surface area contributed by atoms with Gasteiger partial charge in [0.2, 0.25) is 0 Å². The van der Waals surface area contributed by atoms with E-state index < -0.39 is 5.97 Å². The Balaban J connectivity index is 1.67. The number of piperidine rings is 1. The molecule has 0 spiro atoms. The number of benzene rings is 1. The first kappa shape index (κ1) is 15.8. The van der Waals surface area contributed by atoms with Gasteiger partial charge in [-0.05, 0) is 62.4 Å². The second-order valence-corrected chi connectivity index (χ2v) is 5.82. The number of carboxylic acid groups (broad SMARTS) is 1. The molecule has 1 saturated heterocycles. The molecule has 0 amide bonds. The molecule has 1 aromatic rings. The minimum absolute atomic E-state index is 0.316. The molecule has 1 heterocycles. The second-order valence-electron chi connectivity index (χ2n) is 5.82. The SMILES string of the molecule is COc1ccc(CCN2CCC(CCC(=O)O)CC2)cc1. The average Bonchev–Trinajstić information content (AvgIpc) is 2.52. The van der Waals surface area contributed by atoms with Crippen molar-refractivity contribution < 1.29 is 14.6 Å². The number of hydrogen-bond acceptors (Lipinski definition) is 3. The minimum atomic E-state index is -0.670. The number of rotatable bonds is 7. The Morgan fingerprint density at radius 3 is 2.52 bits per heavy atom. The Bertz CT molecular complexity index is 436. The van der Waals surface area contributed by atoms with Crippen molar-refractivity contribution in [2.45, 2.75) is 32.1 Å². The highest BCUT2D eigenvalue weighted by Gasteiger charge is 2.19. The molecule has 1 aromatic carbocycles. The van der Waals surface area contributed by atoms with Crippen molar-refractivity contribution in [2.24, 2.45) is 5.92 Å². The lowest BCUT2D eigenvalue weighted by Gasteiger charge is -2.31. The molecule has 4 nitrogen and oxygen atoms in total. The van der Waals surface area contributed by atoms with Crippen LogP contribution in [0.2, 0.25) is 0 Å². The number of nitrogens with zero attached hydrogens (tertiary/aromatic N) is 1. The van der Waals surface area contributed by atoms with Crippen LogP contribution in [0.1, 0.15) is 31.2 Å². The normalized spacial score (nSPS) is 16.8. The molecule has 1 aliphatic heterocycles. The third kappa shape index (κ3) is 5.38. The molecule has 0 saturated carbocycles. The maximum Gasteiger partial charge on any atom is 0.303 e. The topological polar surface area (TPSA) is 49.8 Å². The van der Waals surface area contributed by atoms with E-state index in [1.165, 1.54) is 5.56 Å². The van der Waals surface area contributed by atoms with E-state index in [0.717, 1.165) is 51.1 Å². The maximum atomic E-state index is 10.6. The summed E-state index contributed by atoms with van der Waals surface area (Å²) in [5.41, 5.74) is 1.34. The van der Waals surface area contributed by atoms with Crippen LogP contribution in [0, 0.1) is 5.92 Å². The van der Waals surface area contributed by atoms with Crippen LogP contribution >= 0.6 is 0 Å². The van der Waals surface area contributed by atoms with Crippen LogP contribution in [-0.4, -0.2) is 42.7 Å². The number of aliphatic carboxylic acids is 1. The predicted molar refractivity (Wildman–Crippen MR) is 82.7 cm³/mol. The maximum absolute atomic E-state index is 10.6. The molecular formula is C17H25NO3. The average molecular weight is 291 g/mol. The monoisotopic (exact) mass is 291 g/mol. The van der Waals surface area contributed by atoms with Gasteiger partial charge in [0.1, 0.15) is 5.75 Å².